The van der Waals surface area contributed by atoms with E-state index < -0.39 is 0 Å². The predicted molar refractivity (Wildman–Crippen MR) is 61.5 cm³/mol. The van der Waals surface area contributed by atoms with E-state index in [1.807, 2.05) is 0 Å². The summed E-state index contributed by atoms with van der Waals surface area (Å²) >= 11 is 0. The van der Waals surface area contributed by atoms with Crippen LogP contribution in [0, 0.1) is 5.92 Å². The zero-order chi connectivity index (χ0) is 8.23. The van der Waals surface area contributed by atoms with Gasteiger partial charge in [0, 0.05) is 0 Å². The molecule has 1 aromatic rings. The normalized spacial score (nSPS) is 27.7. The van der Waals surface area contributed by atoms with Gasteiger partial charge in [0.15, 0.2) is 6.39 Å². The van der Waals surface area contributed by atoms with Gasteiger partial charge in [0.05, 0.1) is 6.20 Å². The van der Waals surface area contributed by atoms with Crippen molar-refractivity contribution in [3.8, 4) is 0 Å². The van der Waals surface area contributed by atoms with Gasteiger partial charge in [-0.25, -0.2) is 4.98 Å². The van der Waals surface area contributed by atoms with Gasteiger partial charge in [-0.3, -0.25) is 0 Å². The van der Waals surface area contributed by atoms with Crippen LogP contribution in [0.1, 0.15) is 6.42 Å². The predicted octanol–water partition coefficient (Wildman–Crippen LogP) is 2.75. The molecule has 4 heteroatoms. The molecule has 0 saturated carbocycles. The number of hydrogen-bond acceptors (Lipinski definition) is 2. The van der Waals surface area contributed by atoms with Gasteiger partial charge in [-0.05, 0) is 24.7 Å². The molecule has 3 atom stereocenters. The van der Waals surface area contributed by atoms with Gasteiger partial charge in [-0.1, -0.05) is 19.8 Å². The summed E-state index contributed by atoms with van der Waals surface area (Å²) in [6.45, 7) is 0. The Bertz CT molecular complexity index is 219. The number of oxazole rings is 1. The maximum absolute atomic E-state index is 4.47. The summed E-state index contributed by atoms with van der Waals surface area (Å²) in [7, 11) is 0.451. The number of allylic oxidation sites excluding steroid dienone is 1. The van der Waals surface area contributed by atoms with Gasteiger partial charge < -0.3 is 4.42 Å². The first kappa shape index (κ1) is 10.9. The van der Waals surface area contributed by atoms with Gasteiger partial charge >= 0.3 is 0 Å². The summed E-state index contributed by atoms with van der Waals surface area (Å²) in [6.07, 6.45) is 11.5. The van der Waals surface area contributed by atoms with Crippen LogP contribution < -0.4 is 0 Å². The average Bonchev–Trinajstić information content (AvgIpc) is 2.86. The summed E-state index contributed by atoms with van der Waals surface area (Å²) in [5, 5.41) is 0. The van der Waals surface area contributed by atoms with E-state index in [0.29, 0.717) is 7.92 Å². The fourth-order valence-corrected chi connectivity index (χ4v) is 4.04. The lowest BCUT2D eigenvalue weighted by Crippen LogP contribution is -1.87. The summed E-state index contributed by atoms with van der Waals surface area (Å²) in [4.78, 5) is 3.56. The highest BCUT2D eigenvalue weighted by Gasteiger charge is 2.24. The first-order valence-electron chi connectivity index (χ1n) is 4.19. The maximum Gasteiger partial charge on any atom is 0.180 e. The fourth-order valence-electron chi connectivity index (χ4n) is 1.53. The molecule has 1 fully saturated rings. The van der Waals surface area contributed by atoms with Crippen molar-refractivity contribution in [2.45, 2.75) is 6.42 Å². The molecule has 3 heterocycles. The monoisotopic (exact) mass is 215 g/mol. The Morgan fingerprint density at radius 3 is 2.54 bits per heavy atom. The number of aromatic nitrogens is 1. The van der Waals surface area contributed by atoms with Crippen LogP contribution in [-0.4, -0.2) is 17.3 Å². The van der Waals surface area contributed by atoms with Crippen LogP contribution in [0.15, 0.2) is 35.2 Å². The molecular formula is C9H15NOP2. The van der Waals surface area contributed by atoms with Gasteiger partial charge in [0.25, 0.3) is 0 Å². The molecule has 2 aliphatic heterocycles. The summed E-state index contributed by atoms with van der Waals surface area (Å²) in [5.74, 6) is 3.47. The van der Waals surface area contributed by atoms with E-state index in [1.165, 1.54) is 31.4 Å². The van der Waals surface area contributed by atoms with Crippen molar-refractivity contribution < 1.29 is 4.42 Å². The number of rotatable bonds is 0. The molecule has 0 aliphatic carbocycles. The second-order valence-corrected chi connectivity index (χ2v) is 5.35. The molecule has 1 saturated heterocycles. The first-order valence-corrected chi connectivity index (χ1v) is 5.98. The highest BCUT2D eigenvalue weighted by Crippen LogP contribution is 2.53. The maximum atomic E-state index is 4.47. The molecule has 3 unspecified atom stereocenters. The van der Waals surface area contributed by atoms with Gasteiger partial charge in [0.2, 0.25) is 0 Å². The molecule has 0 N–H and O–H groups in total. The molecule has 13 heavy (non-hydrogen) atoms. The Morgan fingerprint density at radius 1 is 1.46 bits per heavy atom. The number of nitrogens with zero attached hydrogens (tertiary/aromatic N) is 1. The zero-order valence-electron chi connectivity index (χ0n) is 7.60. The largest absolute Gasteiger partial charge is 0.452 e. The van der Waals surface area contributed by atoms with Crippen LogP contribution in [0.3, 0.4) is 0 Å². The lowest BCUT2D eigenvalue weighted by Gasteiger charge is -1.97. The molecule has 3 rings (SSSR count). The molecule has 0 aromatic carbocycles. The molecule has 72 valence electrons. The Balaban J connectivity index is 0.000000127. The number of hydrogen-bond donors (Lipinski definition) is 0. The number of fused-ring (bicyclic) bond motifs is 2. The third-order valence-corrected chi connectivity index (χ3v) is 4.54. The minimum Gasteiger partial charge on any atom is -0.452 e. The van der Waals surface area contributed by atoms with Crippen molar-refractivity contribution in [2.24, 2.45) is 5.92 Å². The van der Waals surface area contributed by atoms with Crippen LogP contribution in [0.4, 0.5) is 0 Å². The van der Waals surface area contributed by atoms with E-state index in [9.17, 15) is 0 Å². The Morgan fingerprint density at radius 2 is 2.38 bits per heavy atom. The summed E-state index contributed by atoms with van der Waals surface area (Å²) in [5.41, 5.74) is 0. The Hall–Kier alpha value is -0.190. The standard InChI is InChI=1S/C6H9P.C3H3NO.H3P/c1-3-7-4-2-6(1)5-7;1-2-5-3-4-1;/h1,3,6H,2,4-5H2;1-3H;1H3. The van der Waals surface area contributed by atoms with Crippen LogP contribution in [0.2, 0.25) is 0 Å². The lowest BCUT2D eigenvalue weighted by atomic mass is 10.1. The second kappa shape index (κ2) is 5.52. The highest BCUT2D eigenvalue weighted by atomic mass is 31.1. The SMILES string of the molecule is C1=CP2CCC1C2.P.c1cocn1. The summed E-state index contributed by atoms with van der Waals surface area (Å²) in [6, 6.07) is 0. The molecular weight excluding hydrogens is 200 g/mol. The van der Waals surface area contributed by atoms with Crippen molar-refractivity contribution in [1.29, 1.82) is 0 Å². The van der Waals surface area contributed by atoms with E-state index in [4.69, 9.17) is 0 Å². The van der Waals surface area contributed by atoms with Crippen molar-refractivity contribution in [1.82, 2.24) is 4.98 Å². The Labute approximate surface area is 83.2 Å². The highest BCUT2D eigenvalue weighted by molar-refractivity contribution is 7.61. The zero-order valence-corrected chi connectivity index (χ0v) is 9.90. The van der Waals surface area contributed by atoms with Crippen LogP contribution in [0.5, 0.6) is 0 Å². The molecule has 2 nitrogen and oxygen atoms in total. The molecule has 2 bridgehead atoms. The van der Waals surface area contributed by atoms with E-state index >= 15 is 0 Å². The fraction of sp³-hybridized carbons (Fsp3) is 0.444. The van der Waals surface area contributed by atoms with Gasteiger partial charge in [-0.2, -0.15) is 9.90 Å². The van der Waals surface area contributed by atoms with E-state index in [-0.39, 0.29) is 9.90 Å². The van der Waals surface area contributed by atoms with Gasteiger partial charge in [0.1, 0.15) is 6.26 Å². The quantitative estimate of drug-likeness (QED) is 0.622. The summed E-state index contributed by atoms with van der Waals surface area (Å²) < 4.78 is 4.47. The average molecular weight is 215 g/mol. The molecule has 0 amide bonds. The molecule has 0 spiro atoms. The van der Waals surface area contributed by atoms with Crippen LogP contribution in [-0.2, 0) is 0 Å². The second-order valence-electron chi connectivity index (χ2n) is 3.06. The Kier molecular flexibility index (Phi) is 4.62. The third-order valence-electron chi connectivity index (χ3n) is 2.17. The van der Waals surface area contributed by atoms with Crippen LogP contribution in [0.25, 0.3) is 0 Å². The lowest BCUT2D eigenvalue weighted by molar-refractivity contribution is 0.558. The van der Waals surface area contributed by atoms with Gasteiger partial charge in [-0.15, -0.1) is 0 Å². The molecule has 1 aromatic heterocycles. The van der Waals surface area contributed by atoms with Crippen LogP contribution >= 0.6 is 17.8 Å². The van der Waals surface area contributed by atoms with E-state index in [1.54, 1.807) is 6.20 Å². The molecule has 0 radical (unpaired) electrons. The molecule has 2 aliphatic rings. The third kappa shape index (κ3) is 3.21. The van der Waals surface area contributed by atoms with Crippen molar-refractivity contribution in [2.75, 3.05) is 12.3 Å². The van der Waals surface area contributed by atoms with Crippen molar-refractivity contribution in [3.63, 3.8) is 0 Å². The van der Waals surface area contributed by atoms with Crippen molar-refractivity contribution >= 4 is 17.8 Å². The minimum atomic E-state index is 0. The van der Waals surface area contributed by atoms with Crippen molar-refractivity contribution in [3.05, 3.63) is 30.7 Å². The first-order chi connectivity index (χ1) is 5.95. The topological polar surface area (TPSA) is 26.0 Å². The minimum absolute atomic E-state index is 0. The smallest absolute Gasteiger partial charge is 0.180 e. The van der Waals surface area contributed by atoms with E-state index in [2.05, 4.69) is 21.3 Å². The van der Waals surface area contributed by atoms with E-state index in [0.717, 1.165) is 5.92 Å².